The predicted octanol–water partition coefficient (Wildman–Crippen LogP) is 4.31. The molecule has 0 bridgehead atoms. The first kappa shape index (κ1) is 17.3. The van der Waals surface area contributed by atoms with Crippen molar-refractivity contribution < 1.29 is 0 Å². The summed E-state index contributed by atoms with van der Waals surface area (Å²) in [5, 5.41) is 8.32. The SMILES string of the molecule is Cc1ccc(Cl)cc1Nc1nc2nc(C)c(Cc3ccccc3)c(N)n2n1. The molecule has 4 aromatic rings. The highest BCUT2D eigenvalue weighted by Gasteiger charge is 2.15. The molecule has 0 spiro atoms. The first-order valence-corrected chi connectivity index (χ1v) is 8.98. The maximum atomic E-state index is 6.40. The topological polar surface area (TPSA) is 81.1 Å². The normalized spacial score (nSPS) is 11.1. The summed E-state index contributed by atoms with van der Waals surface area (Å²) in [5.74, 6) is 1.43. The van der Waals surface area contributed by atoms with Gasteiger partial charge in [0.05, 0.1) is 0 Å². The summed E-state index contributed by atoms with van der Waals surface area (Å²) in [5.41, 5.74) is 11.3. The molecule has 2 aromatic heterocycles. The minimum Gasteiger partial charge on any atom is -0.383 e. The van der Waals surface area contributed by atoms with Gasteiger partial charge in [-0.2, -0.15) is 9.50 Å². The van der Waals surface area contributed by atoms with Gasteiger partial charge in [-0.3, -0.25) is 0 Å². The van der Waals surface area contributed by atoms with E-state index in [4.69, 9.17) is 17.3 Å². The van der Waals surface area contributed by atoms with Crippen molar-refractivity contribution in [2.24, 2.45) is 0 Å². The Morgan fingerprint density at radius 2 is 1.85 bits per heavy atom. The van der Waals surface area contributed by atoms with Crippen molar-refractivity contribution >= 4 is 34.8 Å². The molecule has 0 fully saturated rings. The second-order valence-electron chi connectivity index (χ2n) is 6.45. The van der Waals surface area contributed by atoms with Crippen molar-refractivity contribution in [3.63, 3.8) is 0 Å². The van der Waals surface area contributed by atoms with Gasteiger partial charge in [0.1, 0.15) is 5.82 Å². The third kappa shape index (κ3) is 3.44. The van der Waals surface area contributed by atoms with Gasteiger partial charge in [0, 0.05) is 28.4 Å². The van der Waals surface area contributed by atoms with E-state index in [2.05, 4.69) is 32.5 Å². The summed E-state index contributed by atoms with van der Waals surface area (Å²) in [4.78, 5) is 9.03. The van der Waals surface area contributed by atoms with E-state index in [1.54, 1.807) is 4.52 Å². The van der Waals surface area contributed by atoms with Gasteiger partial charge in [0.15, 0.2) is 0 Å². The molecule has 7 heteroatoms. The lowest BCUT2D eigenvalue weighted by atomic mass is 10.0. The van der Waals surface area contributed by atoms with Crippen LogP contribution in [0.5, 0.6) is 0 Å². The quantitative estimate of drug-likeness (QED) is 0.553. The Labute approximate surface area is 162 Å². The zero-order valence-electron chi connectivity index (χ0n) is 15.1. The summed E-state index contributed by atoms with van der Waals surface area (Å²) in [6.07, 6.45) is 0.692. The van der Waals surface area contributed by atoms with Crippen LogP contribution in [0.1, 0.15) is 22.4 Å². The lowest BCUT2D eigenvalue weighted by Crippen LogP contribution is -2.09. The molecule has 27 heavy (non-hydrogen) atoms. The van der Waals surface area contributed by atoms with Crippen molar-refractivity contribution in [1.29, 1.82) is 0 Å². The number of nitrogen functional groups attached to an aromatic ring is 1. The van der Waals surface area contributed by atoms with E-state index < -0.39 is 0 Å². The van der Waals surface area contributed by atoms with E-state index in [1.807, 2.05) is 50.2 Å². The highest BCUT2D eigenvalue weighted by Crippen LogP contribution is 2.25. The Morgan fingerprint density at radius 3 is 2.63 bits per heavy atom. The van der Waals surface area contributed by atoms with Crippen LogP contribution in [0.3, 0.4) is 0 Å². The zero-order chi connectivity index (χ0) is 19.0. The van der Waals surface area contributed by atoms with Crippen molar-refractivity contribution in [2.75, 3.05) is 11.1 Å². The number of nitrogens with two attached hydrogens (primary N) is 1. The van der Waals surface area contributed by atoms with Crippen LogP contribution < -0.4 is 11.1 Å². The molecule has 0 aliphatic heterocycles. The summed E-state index contributed by atoms with van der Waals surface area (Å²) < 4.78 is 1.58. The molecule has 0 atom stereocenters. The molecule has 0 unspecified atom stereocenters. The Kier molecular flexibility index (Phi) is 4.41. The van der Waals surface area contributed by atoms with E-state index in [0.717, 1.165) is 22.5 Å². The smallest absolute Gasteiger partial charge is 0.256 e. The van der Waals surface area contributed by atoms with Crippen LogP contribution in [-0.4, -0.2) is 19.6 Å². The van der Waals surface area contributed by atoms with E-state index in [-0.39, 0.29) is 0 Å². The summed E-state index contributed by atoms with van der Waals surface area (Å²) >= 11 is 6.09. The Hall–Kier alpha value is -3.12. The molecule has 0 saturated heterocycles. The molecular formula is C20H19ClN6. The van der Waals surface area contributed by atoms with Gasteiger partial charge >= 0.3 is 0 Å². The molecule has 2 heterocycles. The van der Waals surface area contributed by atoms with E-state index in [0.29, 0.717) is 29.0 Å². The fourth-order valence-electron chi connectivity index (χ4n) is 2.99. The van der Waals surface area contributed by atoms with E-state index in [9.17, 15) is 0 Å². The summed E-state index contributed by atoms with van der Waals surface area (Å²) in [6, 6.07) is 15.8. The molecule has 0 aliphatic carbocycles. The van der Waals surface area contributed by atoms with Gasteiger partial charge in [-0.15, -0.1) is 5.10 Å². The largest absolute Gasteiger partial charge is 0.383 e. The van der Waals surface area contributed by atoms with Gasteiger partial charge in [-0.1, -0.05) is 48.0 Å². The molecule has 3 N–H and O–H groups in total. The van der Waals surface area contributed by atoms with Gasteiger partial charge < -0.3 is 11.1 Å². The summed E-state index contributed by atoms with van der Waals surface area (Å²) in [7, 11) is 0. The number of benzene rings is 2. The highest BCUT2D eigenvalue weighted by molar-refractivity contribution is 6.30. The van der Waals surface area contributed by atoms with E-state index in [1.165, 1.54) is 5.56 Å². The zero-order valence-corrected chi connectivity index (χ0v) is 15.8. The number of fused-ring (bicyclic) bond motifs is 1. The molecule has 0 amide bonds. The molecule has 4 rings (SSSR count). The van der Waals surface area contributed by atoms with Gasteiger partial charge in [-0.25, -0.2) is 4.98 Å². The van der Waals surface area contributed by atoms with Crippen LogP contribution >= 0.6 is 11.6 Å². The number of aryl methyl sites for hydroxylation is 2. The second-order valence-corrected chi connectivity index (χ2v) is 6.89. The van der Waals surface area contributed by atoms with Gasteiger partial charge in [0.2, 0.25) is 5.95 Å². The van der Waals surface area contributed by atoms with Crippen LogP contribution in [0.2, 0.25) is 5.02 Å². The number of rotatable bonds is 4. The van der Waals surface area contributed by atoms with Crippen molar-refractivity contribution in [3.8, 4) is 0 Å². The van der Waals surface area contributed by atoms with Crippen LogP contribution in [0, 0.1) is 13.8 Å². The lowest BCUT2D eigenvalue weighted by molar-refractivity contribution is 0.917. The first-order valence-electron chi connectivity index (χ1n) is 8.60. The molecule has 0 saturated carbocycles. The Balaban J connectivity index is 1.72. The van der Waals surface area contributed by atoms with Crippen LogP contribution in [0.15, 0.2) is 48.5 Å². The fraction of sp³-hybridized carbons (Fsp3) is 0.150. The number of hydrogen-bond donors (Lipinski definition) is 2. The van der Waals surface area contributed by atoms with Crippen LogP contribution in [0.25, 0.3) is 5.78 Å². The number of hydrogen-bond acceptors (Lipinski definition) is 5. The maximum absolute atomic E-state index is 6.40. The Bertz CT molecular complexity index is 1120. The van der Waals surface area contributed by atoms with Gasteiger partial charge in [-0.05, 0) is 37.1 Å². The average molecular weight is 379 g/mol. The average Bonchev–Trinajstić information content (AvgIpc) is 3.05. The van der Waals surface area contributed by atoms with Crippen LogP contribution in [0.4, 0.5) is 17.5 Å². The van der Waals surface area contributed by atoms with Crippen molar-refractivity contribution in [2.45, 2.75) is 20.3 Å². The van der Waals surface area contributed by atoms with Crippen LogP contribution in [-0.2, 0) is 6.42 Å². The van der Waals surface area contributed by atoms with Gasteiger partial charge in [0.25, 0.3) is 5.78 Å². The fourth-order valence-corrected chi connectivity index (χ4v) is 3.16. The molecule has 136 valence electrons. The number of halogens is 1. The van der Waals surface area contributed by atoms with Crippen molar-refractivity contribution in [3.05, 3.63) is 75.9 Å². The molecular weight excluding hydrogens is 360 g/mol. The van der Waals surface area contributed by atoms with Crippen molar-refractivity contribution in [1.82, 2.24) is 19.6 Å². The Morgan fingerprint density at radius 1 is 1.07 bits per heavy atom. The number of nitrogens with one attached hydrogen (secondary N) is 1. The monoisotopic (exact) mass is 378 g/mol. The lowest BCUT2D eigenvalue weighted by Gasteiger charge is -2.09. The highest BCUT2D eigenvalue weighted by atomic mass is 35.5. The van der Waals surface area contributed by atoms with E-state index >= 15 is 0 Å². The third-order valence-electron chi connectivity index (χ3n) is 4.50. The minimum atomic E-state index is 0.427. The molecule has 0 aliphatic rings. The first-order chi connectivity index (χ1) is 13.0. The number of anilines is 3. The predicted molar refractivity (Wildman–Crippen MR) is 109 cm³/mol. The maximum Gasteiger partial charge on any atom is 0.256 e. The molecule has 6 nitrogen and oxygen atoms in total. The standard InChI is InChI=1S/C20H19ClN6/c1-12-8-9-15(21)11-17(12)24-19-25-20-23-13(2)16(18(22)27(20)26-19)10-14-6-4-3-5-7-14/h3-9,11H,10,22H2,1-2H3,(H,24,26). The molecule has 0 radical (unpaired) electrons. The minimum absolute atomic E-state index is 0.427. The number of aromatic nitrogens is 4. The summed E-state index contributed by atoms with van der Waals surface area (Å²) in [6.45, 7) is 3.93. The second kappa shape index (κ2) is 6.89. The number of nitrogens with zero attached hydrogens (tertiary/aromatic N) is 4. The molecule has 2 aromatic carbocycles. The third-order valence-corrected chi connectivity index (χ3v) is 4.74.